The quantitative estimate of drug-likeness (QED) is 0.436. The highest BCUT2D eigenvalue weighted by molar-refractivity contribution is 6.07. The van der Waals surface area contributed by atoms with E-state index in [0.29, 0.717) is 12.4 Å². The number of methoxy groups -OCH3 is 1. The second kappa shape index (κ2) is 8.47. The van der Waals surface area contributed by atoms with Crippen molar-refractivity contribution in [1.82, 2.24) is 0 Å². The molecule has 0 spiro atoms. The van der Waals surface area contributed by atoms with Gasteiger partial charge in [0.05, 0.1) is 25.9 Å². The Bertz CT molecular complexity index is 628. The molecule has 0 aliphatic rings. The van der Waals surface area contributed by atoms with Crippen LogP contribution in [0.4, 0.5) is 0 Å². The summed E-state index contributed by atoms with van der Waals surface area (Å²) in [5.41, 5.74) is 0.409. The van der Waals surface area contributed by atoms with Crippen LogP contribution in [0.1, 0.15) is 29.8 Å². The van der Waals surface area contributed by atoms with Crippen molar-refractivity contribution in [2.24, 2.45) is 0 Å². The van der Waals surface area contributed by atoms with Crippen molar-refractivity contribution in [2.45, 2.75) is 13.8 Å². The molecule has 0 aliphatic heterocycles. The average molecular weight is 303 g/mol. The van der Waals surface area contributed by atoms with Gasteiger partial charge >= 0.3 is 5.97 Å². The molecule has 6 nitrogen and oxygen atoms in total. The van der Waals surface area contributed by atoms with Gasteiger partial charge in [-0.1, -0.05) is 0 Å². The van der Waals surface area contributed by atoms with Crippen LogP contribution in [-0.4, -0.2) is 32.1 Å². The summed E-state index contributed by atoms with van der Waals surface area (Å²) in [5, 5.41) is 9.17. The van der Waals surface area contributed by atoms with Crippen molar-refractivity contribution in [3.8, 4) is 17.6 Å². The van der Waals surface area contributed by atoms with Gasteiger partial charge < -0.3 is 14.2 Å². The third-order valence-electron chi connectivity index (χ3n) is 2.63. The SMILES string of the molecule is CCOC(=O)C=CC(=O)c1cc(C#N)c(OCC)c(OC)c1. The summed E-state index contributed by atoms with van der Waals surface area (Å²) in [6.45, 7) is 4.04. The molecule has 0 aromatic heterocycles. The van der Waals surface area contributed by atoms with Crippen LogP contribution < -0.4 is 9.47 Å². The predicted molar refractivity (Wildman–Crippen MR) is 79.0 cm³/mol. The van der Waals surface area contributed by atoms with Crippen LogP contribution in [0.25, 0.3) is 0 Å². The van der Waals surface area contributed by atoms with Crippen molar-refractivity contribution < 1.29 is 23.8 Å². The van der Waals surface area contributed by atoms with E-state index in [0.717, 1.165) is 12.2 Å². The lowest BCUT2D eigenvalue weighted by atomic mass is 10.1. The number of rotatable bonds is 7. The maximum Gasteiger partial charge on any atom is 0.330 e. The number of ether oxygens (including phenoxy) is 3. The number of allylic oxidation sites excluding steroid dienone is 1. The highest BCUT2D eigenvalue weighted by Gasteiger charge is 2.15. The number of ketones is 1. The second-order valence-corrected chi connectivity index (χ2v) is 4.05. The minimum atomic E-state index is -0.603. The van der Waals surface area contributed by atoms with E-state index in [2.05, 4.69) is 0 Å². The average Bonchev–Trinajstić information content (AvgIpc) is 2.53. The standard InChI is InChI=1S/C16H17NO5/c1-4-21-15(19)7-6-13(18)11-8-12(10-17)16(22-5-2)14(9-11)20-3/h6-9H,4-5H2,1-3H3. The Hall–Kier alpha value is -2.81. The maximum absolute atomic E-state index is 12.1. The summed E-state index contributed by atoms with van der Waals surface area (Å²) in [4.78, 5) is 23.3. The predicted octanol–water partition coefficient (Wildman–Crippen LogP) is 2.27. The molecule has 0 bridgehead atoms. The molecular weight excluding hydrogens is 286 g/mol. The fourth-order valence-electron chi connectivity index (χ4n) is 1.70. The fourth-order valence-corrected chi connectivity index (χ4v) is 1.70. The molecule has 1 rings (SSSR count). The fraction of sp³-hybridized carbons (Fsp3) is 0.312. The summed E-state index contributed by atoms with van der Waals surface area (Å²) >= 11 is 0. The molecule has 22 heavy (non-hydrogen) atoms. The monoisotopic (exact) mass is 303 g/mol. The normalized spacial score (nSPS) is 10.1. The Morgan fingerprint density at radius 1 is 1.23 bits per heavy atom. The molecule has 0 saturated heterocycles. The summed E-state index contributed by atoms with van der Waals surface area (Å²) in [6.07, 6.45) is 2.13. The Labute approximate surface area is 128 Å². The summed E-state index contributed by atoms with van der Waals surface area (Å²) in [6, 6.07) is 4.82. The van der Waals surface area contributed by atoms with Crippen LogP contribution >= 0.6 is 0 Å². The highest BCUT2D eigenvalue weighted by Crippen LogP contribution is 2.32. The van der Waals surface area contributed by atoms with Gasteiger partial charge in [0.25, 0.3) is 0 Å². The zero-order valence-corrected chi connectivity index (χ0v) is 12.7. The van der Waals surface area contributed by atoms with E-state index in [4.69, 9.17) is 14.2 Å². The number of carbonyl (C=O) groups is 2. The van der Waals surface area contributed by atoms with Crippen molar-refractivity contribution >= 4 is 11.8 Å². The molecule has 0 radical (unpaired) electrons. The van der Waals surface area contributed by atoms with Crippen molar-refractivity contribution in [1.29, 1.82) is 5.26 Å². The van der Waals surface area contributed by atoms with E-state index in [1.807, 2.05) is 6.07 Å². The molecule has 6 heteroatoms. The third kappa shape index (κ3) is 4.35. The van der Waals surface area contributed by atoms with Crippen LogP contribution in [0.3, 0.4) is 0 Å². The molecule has 0 amide bonds. The van der Waals surface area contributed by atoms with Gasteiger partial charge in [-0.25, -0.2) is 4.79 Å². The first kappa shape index (κ1) is 17.2. The molecule has 0 N–H and O–H groups in total. The van der Waals surface area contributed by atoms with E-state index in [1.165, 1.54) is 19.2 Å². The molecular formula is C16H17NO5. The van der Waals surface area contributed by atoms with Gasteiger partial charge in [-0.2, -0.15) is 5.26 Å². The van der Waals surface area contributed by atoms with E-state index in [-0.39, 0.29) is 23.5 Å². The summed E-state index contributed by atoms with van der Waals surface area (Å²) < 4.78 is 15.2. The lowest BCUT2D eigenvalue weighted by Gasteiger charge is -2.12. The van der Waals surface area contributed by atoms with Crippen LogP contribution in [0.5, 0.6) is 11.5 Å². The van der Waals surface area contributed by atoms with Crippen molar-refractivity contribution in [3.05, 3.63) is 35.4 Å². The number of esters is 1. The lowest BCUT2D eigenvalue weighted by Crippen LogP contribution is -2.04. The van der Waals surface area contributed by atoms with Crippen LogP contribution in [-0.2, 0) is 9.53 Å². The minimum absolute atomic E-state index is 0.189. The number of nitrogens with zero attached hydrogens (tertiary/aromatic N) is 1. The largest absolute Gasteiger partial charge is 0.493 e. The van der Waals surface area contributed by atoms with Gasteiger partial charge in [-0.3, -0.25) is 4.79 Å². The molecule has 0 unspecified atom stereocenters. The Morgan fingerprint density at radius 2 is 1.95 bits per heavy atom. The zero-order chi connectivity index (χ0) is 16.5. The van der Waals surface area contributed by atoms with Gasteiger partial charge in [0.1, 0.15) is 6.07 Å². The molecule has 0 aliphatic carbocycles. The van der Waals surface area contributed by atoms with Gasteiger partial charge in [-0.05, 0) is 32.1 Å². The Morgan fingerprint density at radius 3 is 2.50 bits per heavy atom. The Kier molecular flexibility index (Phi) is 6.64. The molecule has 0 fully saturated rings. The minimum Gasteiger partial charge on any atom is -0.493 e. The van der Waals surface area contributed by atoms with Gasteiger partial charge in [0.15, 0.2) is 17.3 Å². The van der Waals surface area contributed by atoms with E-state index >= 15 is 0 Å². The number of carbonyl (C=O) groups excluding carboxylic acids is 2. The third-order valence-corrected chi connectivity index (χ3v) is 2.63. The molecule has 1 aromatic carbocycles. The first-order valence-corrected chi connectivity index (χ1v) is 6.71. The van der Waals surface area contributed by atoms with Gasteiger partial charge in [0.2, 0.25) is 0 Å². The van der Waals surface area contributed by atoms with Crippen LogP contribution in [0.15, 0.2) is 24.3 Å². The molecule has 116 valence electrons. The van der Waals surface area contributed by atoms with Gasteiger partial charge in [0, 0.05) is 11.6 Å². The van der Waals surface area contributed by atoms with Gasteiger partial charge in [-0.15, -0.1) is 0 Å². The highest BCUT2D eigenvalue weighted by atomic mass is 16.5. The topological polar surface area (TPSA) is 85.6 Å². The lowest BCUT2D eigenvalue weighted by molar-refractivity contribution is -0.137. The second-order valence-electron chi connectivity index (χ2n) is 4.05. The van der Waals surface area contributed by atoms with E-state index in [1.54, 1.807) is 13.8 Å². The first-order valence-electron chi connectivity index (χ1n) is 6.71. The number of benzene rings is 1. The molecule has 0 saturated carbocycles. The molecule has 0 atom stereocenters. The van der Waals surface area contributed by atoms with Crippen LogP contribution in [0.2, 0.25) is 0 Å². The number of nitriles is 1. The smallest absolute Gasteiger partial charge is 0.330 e. The Balaban J connectivity index is 3.13. The summed E-state index contributed by atoms with van der Waals surface area (Å²) in [7, 11) is 1.42. The number of hydrogen-bond acceptors (Lipinski definition) is 6. The molecule has 0 heterocycles. The maximum atomic E-state index is 12.1. The zero-order valence-electron chi connectivity index (χ0n) is 12.7. The van der Waals surface area contributed by atoms with E-state index < -0.39 is 11.8 Å². The summed E-state index contributed by atoms with van der Waals surface area (Å²) in [5.74, 6) is -0.465. The van der Waals surface area contributed by atoms with E-state index in [9.17, 15) is 14.9 Å². The van der Waals surface area contributed by atoms with Crippen LogP contribution in [0, 0.1) is 11.3 Å². The first-order chi connectivity index (χ1) is 10.6. The van der Waals surface area contributed by atoms with Crippen molar-refractivity contribution in [2.75, 3.05) is 20.3 Å². The number of hydrogen-bond donors (Lipinski definition) is 0. The van der Waals surface area contributed by atoms with Crippen molar-refractivity contribution in [3.63, 3.8) is 0 Å². The molecule has 1 aromatic rings.